The quantitative estimate of drug-likeness (QED) is 0.674. The molecule has 4 heterocycles. The normalized spacial score (nSPS) is 14.9. The standard InChI is InChI=1S/C19H21N3OS3/c1-11-17(25-13(3)20-11)12(2)21-18(23)16-14-6-9-24-10-15(14)26-19(16)22-7-4-5-8-22/h4-5,7-8,12H,6,9-10H2,1-3H3,(H,21,23)/t12-/m1/s1. The maximum Gasteiger partial charge on any atom is 0.255 e. The van der Waals surface area contributed by atoms with Gasteiger partial charge in [0.15, 0.2) is 0 Å². The molecule has 3 aromatic rings. The van der Waals surface area contributed by atoms with Crippen LogP contribution in [-0.2, 0) is 12.2 Å². The number of thioether (sulfide) groups is 1. The molecule has 4 nitrogen and oxygen atoms in total. The van der Waals surface area contributed by atoms with Gasteiger partial charge in [0, 0.05) is 27.9 Å². The van der Waals surface area contributed by atoms with E-state index in [1.165, 1.54) is 10.4 Å². The summed E-state index contributed by atoms with van der Waals surface area (Å²) in [4.78, 5) is 20.2. The van der Waals surface area contributed by atoms with Gasteiger partial charge in [-0.3, -0.25) is 4.79 Å². The monoisotopic (exact) mass is 403 g/mol. The number of aryl methyl sites for hydroxylation is 2. The number of carbonyl (C=O) groups excluding carboxylic acids is 1. The van der Waals surface area contributed by atoms with E-state index in [4.69, 9.17) is 0 Å². The lowest BCUT2D eigenvalue weighted by atomic mass is 10.1. The fraction of sp³-hybridized carbons (Fsp3) is 0.368. The molecule has 7 heteroatoms. The van der Waals surface area contributed by atoms with E-state index in [1.807, 2.05) is 57.1 Å². The smallest absolute Gasteiger partial charge is 0.255 e. The van der Waals surface area contributed by atoms with Gasteiger partial charge in [-0.05, 0) is 50.6 Å². The number of hydrogen-bond donors (Lipinski definition) is 1. The molecule has 0 spiro atoms. The highest BCUT2D eigenvalue weighted by atomic mass is 32.2. The Morgan fingerprint density at radius 1 is 1.27 bits per heavy atom. The maximum absolute atomic E-state index is 13.3. The minimum absolute atomic E-state index is 0.0241. The minimum atomic E-state index is -0.0419. The minimum Gasteiger partial charge on any atom is -0.345 e. The molecule has 0 unspecified atom stereocenters. The molecule has 1 atom stereocenters. The molecule has 4 rings (SSSR count). The first-order valence-corrected chi connectivity index (χ1v) is 11.4. The van der Waals surface area contributed by atoms with E-state index in [0.29, 0.717) is 0 Å². The first-order chi connectivity index (χ1) is 12.5. The Balaban J connectivity index is 1.69. The Morgan fingerprint density at radius 3 is 2.73 bits per heavy atom. The van der Waals surface area contributed by atoms with Gasteiger partial charge in [-0.15, -0.1) is 22.7 Å². The van der Waals surface area contributed by atoms with Crippen molar-refractivity contribution < 1.29 is 4.79 Å². The van der Waals surface area contributed by atoms with Gasteiger partial charge in [-0.25, -0.2) is 4.98 Å². The van der Waals surface area contributed by atoms with Crippen LogP contribution in [0.2, 0.25) is 0 Å². The summed E-state index contributed by atoms with van der Waals surface area (Å²) in [5.74, 6) is 2.11. The molecule has 0 radical (unpaired) electrons. The topological polar surface area (TPSA) is 46.9 Å². The zero-order valence-electron chi connectivity index (χ0n) is 15.0. The van der Waals surface area contributed by atoms with Crippen molar-refractivity contribution in [3.8, 4) is 5.00 Å². The second-order valence-electron chi connectivity index (χ2n) is 6.45. The van der Waals surface area contributed by atoms with E-state index in [9.17, 15) is 4.79 Å². The van der Waals surface area contributed by atoms with Gasteiger partial charge in [-0.1, -0.05) is 0 Å². The number of nitrogens with one attached hydrogen (secondary N) is 1. The highest BCUT2D eigenvalue weighted by Gasteiger charge is 2.27. The van der Waals surface area contributed by atoms with Crippen LogP contribution in [0.5, 0.6) is 0 Å². The fourth-order valence-electron chi connectivity index (χ4n) is 3.39. The summed E-state index contributed by atoms with van der Waals surface area (Å²) in [6.07, 6.45) is 5.00. The first kappa shape index (κ1) is 17.8. The molecule has 0 bridgehead atoms. The van der Waals surface area contributed by atoms with Crippen LogP contribution < -0.4 is 5.32 Å². The van der Waals surface area contributed by atoms with Crippen LogP contribution in [0.1, 0.15) is 49.3 Å². The average molecular weight is 404 g/mol. The number of amides is 1. The van der Waals surface area contributed by atoms with Gasteiger partial charge in [0.05, 0.1) is 22.3 Å². The Hall–Kier alpha value is -1.57. The van der Waals surface area contributed by atoms with Crippen LogP contribution in [0, 0.1) is 13.8 Å². The van der Waals surface area contributed by atoms with Crippen LogP contribution >= 0.6 is 34.4 Å². The summed E-state index contributed by atoms with van der Waals surface area (Å²) in [6, 6.07) is 3.96. The number of thiazole rings is 1. The molecule has 0 aliphatic carbocycles. The van der Waals surface area contributed by atoms with Crippen LogP contribution in [0.15, 0.2) is 24.5 Å². The fourth-order valence-corrected chi connectivity index (χ4v) is 6.76. The van der Waals surface area contributed by atoms with Crippen LogP contribution in [-0.4, -0.2) is 21.2 Å². The highest BCUT2D eigenvalue weighted by molar-refractivity contribution is 7.98. The predicted molar refractivity (Wildman–Crippen MR) is 111 cm³/mol. The zero-order chi connectivity index (χ0) is 18.3. The first-order valence-electron chi connectivity index (χ1n) is 8.65. The molecule has 3 aromatic heterocycles. The zero-order valence-corrected chi connectivity index (χ0v) is 17.5. The number of aromatic nitrogens is 2. The van der Waals surface area contributed by atoms with Crippen LogP contribution in [0.25, 0.3) is 5.00 Å². The van der Waals surface area contributed by atoms with Crippen LogP contribution in [0.3, 0.4) is 0 Å². The molecule has 0 fully saturated rings. The van der Waals surface area contributed by atoms with Crippen molar-refractivity contribution >= 4 is 40.3 Å². The van der Waals surface area contributed by atoms with E-state index in [1.54, 1.807) is 22.7 Å². The number of hydrogen-bond acceptors (Lipinski definition) is 5. The third-order valence-electron chi connectivity index (χ3n) is 4.55. The molecule has 26 heavy (non-hydrogen) atoms. The highest BCUT2D eigenvalue weighted by Crippen LogP contribution is 2.38. The van der Waals surface area contributed by atoms with E-state index in [2.05, 4.69) is 14.9 Å². The Morgan fingerprint density at radius 2 is 2.04 bits per heavy atom. The molecule has 1 N–H and O–H groups in total. The van der Waals surface area contributed by atoms with Gasteiger partial charge in [0.25, 0.3) is 5.91 Å². The van der Waals surface area contributed by atoms with Crippen LogP contribution in [0.4, 0.5) is 0 Å². The number of nitrogens with zero attached hydrogens (tertiary/aromatic N) is 2. The molecular formula is C19H21N3OS3. The van der Waals surface area contributed by atoms with E-state index < -0.39 is 0 Å². The van der Waals surface area contributed by atoms with Gasteiger partial charge < -0.3 is 9.88 Å². The van der Waals surface area contributed by atoms with Gasteiger partial charge in [0.1, 0.15) is 5.00 Å². The van der Waals surface area contributed by atoms with Gasteiger partial charge >= 0.3 is 0 Å². The molecule has 1 amide bonds. The second-order valence-corrected chi connectivity index (χ2v) is 9.88. The Labute approximate surface area is 165 Å². The van der Waals surface area contributed by atoms with E-state index in [-0.39, 0.29) is 11.9 Å². The number of thiophene rings is 1. The average Bonchev–Trinajstić information content (AvgIpc) is 3.32. The molecule has 0 aromatic carbocycles. The summed E-state index contributed by atoms with van der Waals surface area (Å²) in [5, 5.41) is 5.29. The molecule has 1 aliphatic rings. The Kier molecular flexibility index (Phi) is 4.94. The van der Waals surface area contributed by atoms with Gasteiger partial charge in [0.2, 0.25) is 0 Å². The van der Waals surface area contributed by atoms with Crippen molar-refractivity contribution in [2.75, 3.05) is 5.75 Å². The molecular weight excluding hydrogens is 382 g/mol. The van der Waals surface area contributed by atoms with Crippen molar-refractivity contribution in [2.45, 2.75) is 39.0 Å². The third-order valence-corrected chi connectivity index (χ3v) is 8.22. The number of fused-ring (bicyclic) bond motifs is 1. The summed E-state index contributed by atoms with van der Waals surface area (Å²) in [7, 11) is 0. The van der Waals surface area contributed by atoms with Crippen molar-refractivity contribution in [3.63, 3.8) is 0 Å². The molecule has 136 valence electrons. The van der Waals surface area contributed by atoms with E-state index in [0.717, 1.165) is 44.1 Å². The van der Waals surface area contributed by atoms with Crippen molar-refractivity contribution in [1.82, 2.24) is 14.9 Å². The molecule has 1 aliphatic heterocycles. The maximum atomic E-state index is 13.3. The third kappa shape index (κ3) is 3.23. The lowest BCUT2D eigenvalue weighted by Gasteiger charge is -2.16. The number of carbonyl (C=O) groups is 1. The van der Waals surface area contributed by atoms with E-state index >= 15 is 0 Å². The lowest BCUT2D eigenvalue weighted by molar-refractivity contribution is 0.0940. The SMILES string of the molecule is Cc1nc(C)c([C@@H](C)NC(=O)c2c(-n3cccc3)sc3c2CCSC3)s1. The largest absolute Gasteiger partial charge is 0.345 e. The van der Waals surface area contributed by atoms with Crippen molar-refractivity contribution in [3.05, 3.63) is 56.1 Å². The second kappa shape index (κ2) is 7.21. The number of rotatable bonds is 4. The Bertz CT molecular complexity index is 940. The molecule has 0 saturated heterocycles. The summed E-state index contributed by atoms with van der Waals surface area (Å²) >= 11 is 5.36. The summed E-state index contributed by atoms with van der Waals surface area (Å²) in [5.41, 5.74) is 3.10. The summed E-state index contributed by atoms with van der Waals surface area (Å²) < 4.78 is 2.06. The molecule has 0 saturated carbocycles. The van der Waals surface area contributed by atoms with Gasteiger partial charge in [-0.2, -0.15) is 11.8 Å². The van der Waals surface area contributed by atoms with Crippen molar-refractivity contribution in [1.29, 1.82) is 0 Å². The lowest BCUT2D eigenvalue weighted by Crippen LogP contribution is -2.28. The predicted octanol–water partition coefficient (Wildman–Crippen LogP) is 4.89. The summed E-state index contributed by atoms with van der Waals surface area (Å²) in [6.45, 7) is 6.06. The van der Waals surface area contributed by atoms with Crippen molar-refractivity contribution in [2.24, 2.45) is 0 Å².